The van der Waals surface area contributed by atoms with Gasteiger partial charge in [-0.3, -0.25) is 0 Å². The number of anilines is 1. The van der Waals surface area contributed by atoms with E-state index < -0.39 is 11.8 Å². The van der Waals surface area contributed by atoms with Crippen LogP contribution in [-0.2, 0) is 0 Å². The number of nitrogens with zero attached hydrogens (tertiary/aromatic N) is 1. The summed E-state index contributed by atoms with van der Waals surface area (Å²) in [7, 11) is 0. The first kappa shape index (κ1) is 13.9. The van der Waals surface area contributed by atoms with E-state index in [9.17, 15) is 9.18 Å². The van der Waals surface area contributed by atoms with Crippen LogP contribution in [0.2, 0.25) is 0 Å². The fourth-order valence-electron chi connectivity index (χ4n) is 1.34. The van der Waals surface area contributed by atoms with Crippen molar-refractivity contribution in [2.24, 2.45) is 0 Å². The van der Waals surface area contributed by atoms with Crippen molar-refractivity contribution in [3.63, 3.8) is 0 Å². The van der Waals surface area contributed by atoms with Gasteiger partial charge in [0.05, 0.1) is 23.9 Å². The number of amides is 2. The number of hydrogen-bond acceptors (Lipinski definition) is 3. The third kappa shape index (κ3) is 3.71. The molecule has 0 aliphatic heterocycles. The summed E-state index contributed by atoms with van der Waals surface area (Å²) in [6.07, 6.45) is 0.582. The second kappa shape index (κ2) is 6.57. The van der Waals surface area contributed by atoms with Gasteiger partial charge in [0.1, 0.15) is 11.9 Å². The Labute approximate surface area is 104 Å². The van der Waals surface area contributed by atoms with Crippen LogP contribution >= 0.6 is 0 Å². The number of urea groups is 1. The Hall–Kier alpha value is -2.13. The molecule has 2 amide bonds. The number of nitriles is 1. The summed E-state index contributed by atoms with van der Waals surface area (Å²) in [6.45, 7) is 1.65. The molecule has 0 saturated carbocycles. The van der Waals surface area contributed by atoms with Gasteiger partial charge in [0.15, 0.2) is 0 Å². The van der Waals surface area contributed by atoms with Gasteiger partial charge in [0.2, 0.25) is 0 Å². The SMILES string of the molecule is CC[C@H](CO)NC(=O)Nc1ccc(F)cc1C#N. The lowest BCUT2D eigenvalue weighted by Crippen LogP contribution is -2.39. The number of hydrogen-bond donors (Lipinski definition) is 3. The van der Waals surface area contributed by atoms with Gasteiger partial charge in [0, 0.05) is 0 Å². The molecule has 0 aromatic heterocycles. The number of carbonyl (C=O) groups excluding carboxylic acids is 1. The van der Waals surface area contributed by atoms with Crippen molar-refractivity contribution in [2.45, 2.75) is 19.4 Å². The minimum absolute atomic E-state index is 0.0437. The molecule has 3 N–H and O–H groups in total. The Kier molecular flexibility index (Phi) is 5.08. The van der Waals surface area contributed by atoms with Gasteiger partial charge >= 0.3 is 6.03 Å². The number of carbonyl (C=O) groups is 1. The molecule has 0 fully saturated rings. The zero-order valence-corrected chi connectivity index (χ0v) is 9.90. The summed E-state index contributed by atoms with van der Waals surface area (Å²) >= 11 is 0. The van der Waals surface area contributed by atoms with Crippen LogP contribution in [0.1, 0.15) is 18.9 Å². The summed E-state index contributed by atoms with van der Waals surface area (Å²) in [5, 5.41) is 22.7. The first-order valence-electron chi connectivity index (χ1n) is 5.48. The molecule has 0 aliphatic rings. The van der Waals surface area contributed by atoms with E-state index in [0.29, 0.717) is 6.42 Å². The van der Waals surface area contributed by atoms with E-state index >= 15 is 0 Å². The quantitative estimate of drug-likeness (QED) is 0.759. The molecule has 0 radical (unpaired) electrons. The topological polar surface area (TPSA) is 85.2 Å². The zero-order chi connectivity index (χ0) is 13.5. The summed E-state index contributed by atoms with van der Waals surface area (Å²) < 4.78 is 12.9. The largest absolute Gasteiger partial charge is 0.394 e. The molecule has 1 aromatic carbocycles. The van der Waals surface area contributed by atoms with Crippen molar-refractivity contribution in [3.05, 3.63) is 29.6 Å². The predicted octanol–water partition coefficient (Wildman–Crippen LogP) is 1.59. The smallest absolute Gasteiger partial charge is 0.319 e. The molecular weight excluding hydrogens is 237 g/mol. The predicted molar refractivity (Wildman–Crippen MR) is 64.4 cm³/mol. The maximum atomic E-state index is 12.9. The zero-order valence-electron chi connectivity index (χ0n) is 9.90. The molecule has 0 saturated heterocycles. The first-order valence-corrected chi connectivity index (χ1v) is 5.48. The molecule has 1 rings (SSSR count). The lowest BCUT2D eigenvalue weighted by molar-refractivity contribution is 0.222. The van der Waals surface area contributed by atoms with Crippen LogP contribution in [0.15, 0.2) is 18.2 Å². The molecule has 0 spiro atoms. The van der Waals surface area contributed by atoms with Crippen molar-refractivity contribution < 1.29 is 14.3 Å². The normalized spacial score (nSPS) is 11.4. The molecule has 0 unspecified atom stereocenters. The Bertz CT molecular complexity index is 467. The van der Waals surface area contributed by atoms with Crippen LogP contribution in [-0.4, -0.2) is 23.8 Å². The third-order valence-corrected chi connectivity index (χ3v) is 2.40. The van der Waals surface area contributed by atoms with Gasteiger partial charge < -0.3 is 15.7 Å². The Morgan fingerprint density at radius 1 is 1.61 bits per heavy atom. The summed E-state index contributed by atoms with van der Waals surface area (Å²) in [5.41, 5.74) is 0.270. The number of rotatable bonds is 4. The van der Waals surface area contributed by atoms with Crippen LogP contribution in [0, 0.1) is 17.1 Å². The van der Waals surface area contributed by atoms with E-state index in [-0.39, 0.29) is 23.9 Å². The van der Waals surface area contributed by atoms with Crippen LogP contribution in [0.5, 0.6) is 0 Å². The number of aliphatic hydroxyl groups excluding tert-OH is 1. The van der Waals surface area contributed by atoms with Gasteiger partial charge in [-0.05, 0) is 24.6 Å². The van der Waals surface area contributed by atoms with Gasteiger partial charge in [0.25, 0.3) is 0 Å². The molecule has 0 heterocycles. The van der Waals surface area contributed by atoms with Crippen LogP contribution in [0.25, 0.3) is 0 Å². The highest BCUT2D eigenvalue weighted by atomic mass is 19.1. The van der Waals surface area contributed by atoms with E-state index in [0.717, 1.165) is 12.1 Å². The number of nitrogens with one attached hydrogen (secondary N) is 2. The summed E-state index contributed by atoms with van der Waals surface area (Å²) in [4.78, 5) is 11.6. The van der Waals surface area contributed by atoms with Crippen molar-refractivity contribution in [1.29, 1.82) is 5.26 Å². The van der Waals surface area contributed by atoms with Crippen molar-refractivity contribution in [2.75, 3.05) is 11.9 Å². The van der Waals surface area contributed by atoms with E-state index in [4.69, 9.17) is 10.4 Å². The van der Waals surface area contributed by atoms with Gasteiger partial charge in [-0.25, -0.2) is 9.18 Å². The van der Waals surface area contributed by atoms with E-state index in [1.54, 1.807) is 6.07 Å². The maximum absolute atomic E-state index is 12.9. The van der Waals surface area contributed by atoms with Crippen LogP contribution in [0.4, 0.5) is 14.9 Å². The van der Waals surface area contributed by atoms with Gasteiger partial charge in [-0.15, -0.1) is 0 Å². The van der Waals surface area contributed by atoms with Gasteiger partial charge in [-0.1, -0.05) is 6.92 Å². The molecule has 6 heteroatoms. The molecule has 18 heavy (non-hydrogen) atoms. The Morgan fingerprint density at radius 2 is 2.33 bits per heavy atom. The third-order valence-electron chi connectivity index (χ3n) is 2.40. The minimum atomic E-state index is -0.543. The van der Waals surface area contributed by atoms with Crippen molar-refractivity contribution in [1.82, 2.24) is 5.32 Å². The fourth-order valence-corrected chi connectivity index (χ4v) is 1.34. The molecule has 1 aromatic rings. The second-order valence-corrected chi connectivity index (χ2v) is 3.69. The number of benzene rings is 1. The van der Waals surface area contributed by atoms with E-state index in [2.05, 4.69) is 10.6 Å². The molecule has 0 aliphatic carbocycles. The van der Waals surface area contributed by atoms with E-state index in [1.807, 2.05) is 6.92 Å². The van der Waals surface area contributed by atoms with Crippen LogP contribution < -0.4 is 10.6 Å². The van der Waals surface area contributed by atoms with Crippen molar-refractivity contribution in [3.8, 4) is 6.07 Å². The average molecular weight is 251 g/mol. The maximum Gasteiger partial charge on any atom is 0.319 e. The lowest BCUT2D eigenvalue weighted by atomic mass is 10.2. The summed E-state index contributed by atoms with van der Waals surface area (Å²) in [6, 6.07) is 4.40. The number of aliphatic hydroxyl groups is 1. The standard InChI is InChI=1S/C12H14FN3O2/c1-2-10(7-17)15-12(18)16-11-4-3-9(13)5-8(11)6-14/h3-5,10,17H,2,7H2,1H3,(H2,15,16,18)/t10-/m1/s1. The van der Waals surface area contributed by atoms with Crippen molar-refractivity contribution >= 4 is 11.7 Å². The monoisotopic (exact) mass is 251 g/mol. The minimum Gasteiger partial charge on any atom is -0.394 e. The molecule has 5 nitrogen and oxygen atoms in total. The summed E-state index contributed by atoms with van der Waals surface area (Å²) in [5.74, 6) is -0.542. The van der Waals surface area contributed by atoms with E-state index in [1.165, 1.54) is 6.07 Å². The van der Waals surface area contributed by atoms with Crippen LogP contribution in [0.3, 0.4) is 0 Å². The molecule has 1 atom stereocenters. The fraction of sp³-hybridized carbons (Fsp3) is 0.333. The molecule has 96 valence electrons. The average Bonchev–Trinajstić information content (AvgIpc) is 2.38. The lowest BCUT2D eigenvalue weighted by Gasteiger charge is -2.15. The molecule has 0 bridgehead atoms. The van der Waals surface area contributed by atoms with Gasteiger partial charge in [-0.2, -0.15) is 5.26 Å². The number of halogens is 1. The second-order valence-electron chi connectivity index (χ2n) is 3.69. The Morgan fingerprint density at radius 3 is 2.89 bits per heavy atom. The Balaban J connectivity index is 2.73. The first-order chi connectivity index (χ1) is 8.60. The highest BCUT2D eigenvalue weighted by molar-refractivity contribution is 5.90. The highest BCUT2D eigenvalue weighted by Gasteiger charge is 2.11. The highest BCUT2D eigenvalue weighted by Crippen LogP contribution is 2.15. The molecular formula is C12H14FN3O2.